The Labute approximate surface area is 128 Å². The molecule has 1 aliphatic rings. The first-order valence-electron chi connectivity index (χ1n) is 6.55. The highest BCUT2D eigenvalue weighted by atomic mass is 35.5. The highest BCUT2D eigenvalue weighted by Gasteiger charge is 2.27. The van der Waals surface area contributed by atoms with Crippen molar-refractivity contribution < 1.29 is 0 Å². The fourth-order valence-electron chi connectivity index (χ4n) is 2.41. The second-order valence-corrected chi connectivity index (χ2v) is 6.53. The van der Waals surface area contributed by atoms with Gasteiger partial charge in [0.15, 0.2) is 0 Å². The summed E-state index contributed by atoms with van der Waals surface area (Å²) in [6.07, 6.45) is 5.84. The molecule has 6 heteroatoms. The molecule has 106 valence electrons. The van der Waals surface area contributed by atoms with Crippen LogP contribution in [0.15, 0.2) is 6.07 Å². The predicted molar refractivity (Wildman–Crippen MR) is 87.0 cm³/mol. The molecule has 0 amide bonds. The van der Waals surface area contributed by atoms with E-state index in [1.165, 1.54) is 19.3 Å². The topological polar surface area (TPSA) is 37.0 Å². The van der Waals surface area contributed by atoms with Crippen molar-refractivity contribution in [3.8, 4) is 0 Å². The molecule has 1 aromatic heterocycles. The van der Waals surface area contributed by atoms with Crippen molar-refractivity contribution in [1.29, 1.82) is 0 Å². The number of hydrogen-bond donors (Lipinski definition) is 2. The normalized spacial score (nSPS) is 22.5. The lowest BCUT2D eigenvalue weighted by molar-refractivity contribution is 0.763. The van der Waals surface area contributed by atoms with Crippen LogP contribution in [-0.4, -0.2) is 29.1 Å². The molecule has 19 heavy (non-hydrogen) atoms. The average molecular weight is 320 g/mol. The number of thioether (sulfide) groups is 1. The zero-order valence-corrected chi connectivity index (χ0v) is 13.5. The summed E-state index contributed by atoms with van der Waals surface area (Å²) in [5.41, 5.74) is 0. The minimum absolute atomic E-state index is 0.440. The maximum absolute atomic E-state index is 6.23. The molecule has 0 aromatic carbocycles. The van der Waals surface area contributed by atoms with E-state index in [2.05, 4.69) is 21.9 Å². The molecule has 2 rings (SSSR count). The third-order valence-electron chi connectivity index (χ3n) is 3.35. The molecule has 0 radical (unpaired) electrons. The number of hydrogen-bond acceptors (Lipinski definition) is 4. The molecule has 1 heterocycles. The van der Waals surface area contributed by atoms with E-state index in [4.69, 9.17) is 23.2 Å². The summed E-state index contributed by atoms with van der Waals surface area (Å²) in [6, 6.07) is 2.19. The van der Waals surface area contributed by atoms with E-state index in [9.17, 15) is 0 Å². The highest BCUT2D eigenvalue weighted by Crippen LogP contribution is 2.34. The van der Waals surface area contributed by atoms with Gasteiger partial charge in [0.05, 0.1) is 10.0 Å². The van der Waals surface area contributed by atoms with Crippen LogP contribution >= 0.6 is 35.0 Å². The summed E-state index contributed by atoms with van der Waals surface area (Å²) in [5.74, 6) is 1.42. The van der Waals surface area contributed by atoms with Gasteiger partial charge in [0, 0.05) is 17.8 Å². The molecule has 0 bridgehead atoms. The van der Waals surface area contributed by atoms with Crippen LogP contribution in [-0.2, 0) is 0 Å². The lowest BCUT2D eigenvalue weighted by Crippen LogP contribution is -2.26. The van der Waals surface area contributed by atoms with Crippen molar-refractivity contribution in [3.05, 3.63) is 16.1 Å². The Morgan fingerprint density at radius 2 is 2.05 bits per heavy atom. The van der Waals surface area contributed by atoms with Crippen LogP contribution in [0.1, 0.15) is 26.2 Å². The zero-order chi connectivity index (χ0) is 13.8. The zero-order valence-electron chi connectivity index (χ0n) is 11.2. The van der Waals surface area contributed by atoms with Gasteiger partial charge in [0.25, 0.3) is 0 Å². The molecule has 1 fully saturated rings. The van der Waals surface area contributed by atoms with Crippen LogP contribution in [0.4, 0.5) is 11.6 Å². The van der Waals surface area contributed by atoms with E-state index in [-0.39, 0.29) is 0 Å². The van der Waals surface area contributed by atoms with Gasteiger partial charge >= 0.3 is 0 Å². The summed E-state index contributed by atoms with van der Waals surface area (Å²) in [6.45, 7) is 2.80. The molecule has 0 spiro atoms. The smallest absolute Gasteiger partial charge is 0.147 e. The van der Waals surface area contributed by atoms with Gasteiger partial charge in [0.1, 0.15) is 11.6 Å². The first kappa shape index (κ1) is 15.1. The van der Waals surface area contributed by atoms with Crippen LogP contribution in [0.2, 0.25) is 10.0 Å². The van der Waals surface area contributed by atoms with Crippen molar-refractivity contribution in [2.75, 3.05) is 23.4 Å². The van der Waals surface area contributed by atoms with Gasteiger partial charge in [-0.05, 0) is 32.1 Å². The third-order valence-corrected chi connectivity index (χ3v) is 5.10. The minimum atomic E-state index is 0.440. The van der Waals surface area contributed by atoms with E-state index >= 15 is 0 Å². The summed E-state index contributed by atoms with van der Waals surface area (Å²) in [4.78, 5) is 4.50. The molecule has 0 aliphatic heterocycles. The molecule has 2 N–H and O–H groups in total. The maximum atomic E-state index is 6.23. The van der Waals surface area contributed by atoms with Gasteiger partial charge in [-0.1, -0.05) is 29.6 Å². The second kappa shape index (κ2) is 6.91. The molecule has 0 saturated heterocycles. The number of halogens is 2. The van der Waals surface area contributed by atoms with E-state index in [0.29, 0.717) is 27.2 Å². The quantitative estimate of drug-likeness (QED) is 0.836. The Balaban J connectivity index is 2.17. The number of nitrogens with one attached hydrogen (secondary N) is 2. The summed E-state index contributed by atoms with van der Waals surface area (Å²) in [7, 11) is 0. The molecular weight excluding hydrogens is 301 g/mol. The third kappa shape index (κ3) is 3.61. The molecule has 1 aromatic rings. The largest absolute Gasteiger partial charge is 0.369 e. The molecule has 2 unspecified atom stereocenters. The van der Waals surface area contributed by atoms with Crippen LogP contribution in [0.25, 0.3) is 0 Å². The van der Waals surface area contributed by atoms with Crippen molar-refractivity contribution >= 4 is 46.6 Å². The number of aromatic nitrogens is 1. The van der Waals surface area contributed by atoms with Gasteiger partial charge in [-0.2, -0.15) is 11.8 Å². The van der Waals surface area contributed by atoms with Gasteiger partial charge in [0.2, 0.25) is 0 Å². The average Bonchev–Trinajstić information content (AvgIpc) is 2.82. The van der Waals surface area contributed by atoms with Gasteiger partial charge in [-0.15, -0.1) is 0 Å². The molecule has 2 atom stereocenters. The monoisotopic (exact) mass is 319 g/mol. The number of nitrogens with zero attached hydrogens (tertiary/aromatic N) is 1. The van der Waals surface area contributed by atoms with E-state index in [0.717, 1.165) is 12.4 Å². The predicted octanol–water partition coefficient (Wildman–Crippen LogP) is 4.52. The van der Waals surface area contributed by atoms with Crippen LogP contribution in [0.5, 0.6) is 0 Å². The van der Waals surface area contributed by atoms with Crippen LogP contribution < -0.4 is 10.6 Å². The van der Waals surface area contributed by atoms with Gasteiger partial charge in [-0.3, -0.25) is 0 Å². The Hall–Kier alpha value is -0.320. The lowest BCUT2D eigenvalue weighted by Gasteiger charge is -2.21. The fourth-order valence-corrected chi connectivity index (χ4v) is 3.82. The van der Waals surface area contributed by atoms with E-state index in [1.54, 1.807) is 6.07 Å². The SMILES string of the molecule is CCNc1nc(NC2CCCC2SC)c(Cl)cc1Cl. The number of pyridine rings is 1. The Morgan fingerprint density at radius 1 is 1.32 bits per heavy atom. The lowest BCUT2D eigenvalue weighted by atomic mass is 10.2. The molecule has 1 aliphatic carbocycles. The fraction of sp³-hybridized carbons (Fsp3) is 0.615. The molecular formula is C13H19Cl2N3S. The van der Waals surface area contributed by atoms with E-state index < -0.39 is 0 Å². The van der Waals surface area contributed by atoms with Crippen molar-refractivity contribution in [2.24, 2.45) is 0 Å². The maximum Gasteiger partial charge on any atom is 0.147 e. The minimum Gasteiger partial charge on any atom is -0.369 e. The summed E-state index contributed by atoms with van der Waals surface area (Å²) in [5, 5.41) is 8.40. The van der Waals surface area contributed by atoms with Crippen molar-refractivity contribution in [3.63, 3.8) is 0 Å². The standard InChI is InChI=1S/C13H19Cl2N3S/c1-3-16-12-8(14)7-9(15)13(18-12)17-10-5-4-6-11(10)19-2/h7,10-11H,3-6H2,1-2H3,(H2,16,17,18). The van der Waals surface area contributed by atoms with E-state index in [1.807, 2.05) is 18.7 Å². The number of rotatable bonds is 5. The molecule has 1 saturated carbocycles. The summed E-state index contributed by atoms with van der Waals surface area (Å²) >= 11 is 14.2. The van der Waals surface area contributed by atoms with Crippen LogP contribution in [0.3, 0.4) is 0 Å². The van der Waals surface area contributed by atoms with Gasteiger partial charge < -0.3 is 10.6 Å². The Kier molecular flexibility index (Phi) is 5.48. The first-order valence-corrected chi connectivity index (χ1v) is 8.59. The summed E-state index contributed by atoms with van der Waals surface area (Å²) < 4.78 is 0. The van der Waals surface area contributed by atoms with Crippen molar-refractivity contribution in [1.82, 2.24) is 4.98 Å². The van der Waals surface area contributed by atoms with Crippen LogP contribution in [0, 0.1) is 0 Å². The van der Waals surface area contributed by atoms with Crippen molar-refractivity contribution in [2.45, 2.75) is 37.5 Å². The highest BCUT2D eigenvalue weighted by molar-refractivity contribution is 7.99. The first-order chi connectivity index (χ1) is 9.15. The Morgan fingerprint density at radius 3 is 2.74 bits per heavy atom. The molecule has 3 nitrogen and oxygen atoms in total. The number of anilines is 2. The van der Waals surface area contributed by atoms with Gasteiger partial charge in [-0.25, -0.2) is 4.98 Å². The Bertz CT molecular complexity index is 442. The second-order valence-electron chi connectivity index (χ2n) is 4.64.